The van der Waals surface area contributed by atoms with Crippen LogP contribution in [0.15, 0.2) is 29.2 Å². The molecule has 0 saturated carbocycles. The molecule has 0 amide bonds. The Bertz CT molecular complexity index is 729. The van der Waals surface area contributed by atoms with Gasteiger partial charge in [0.05, 0.1) is 19.9 Å². The topological polar surface area (TPSA) is 87.7 Å². The molecule has 116 valence electrons. The number of aromatic nitrogens is 2. The second-order valence-corrected chi connectivity index (χ2v) is 4.94. The lowest BCUT2D eigenvalue weighted by Gasteiger charge is -2.19. The number of hydrogen-bond donors (Lipinski definition) is 2. The van der Waals surface area contributed by atoms with Crippen molar-refractivity contribution < 1.29 is 14.6 Å². The van der Waals surface area contributed by atoms with Gasteiger partial charge < -0.3 is 19.5 Å². The molecule has 0 radical (unpaired) electrons. The van der Waals surface area contributed by atoms with Crippen molar-refractivity contribution in [1.82, 2.24) is 10.2 Å². The molecule has 0 saturated heterocycles. The van der Waals surface area contributed by atoms with Crippen LogP contribution in [0.25, 0.3) is 0 Å². The molecular formula is C15H17N3O4. The van der Waals surface area contributed by atoms with Crippen LogP contribution in [0.4, 0.5) is 5.69 Å². The molecule has 3 rings (SSSR count). The predicted octanol–water partition coefficient (Wildman–Crippen LogP) is 0.670. The number of nitrogens with zero attached hydrogens (tertiary/aromatic N) is 2. The standard InChI is InChI=1S/C15H17N3O4/c1-21-14-12(7-16-17-15(14)20)18-8-10-3-2-4-13(11(10)9-18)22-6-5-19/h2-4,7,19H,5-6,8-9H2,1H3,(H,17,20). The lowest BCUT2D eigenvalue weighted by atomic mass is 10.1. The van der Waals surface area contributed by atoms with Crippen LogP contribution >= 0.6 is 0 Å². The highest BCUT2D eigenvalue weighted by atomic mass is 16.5. The third-order valence-corrected chi connectivity index (χ3v) is 3.63. The highest BCUT2D eigenvalue weighted by Crippen LogP contribution is 2.36. The molecular weight excluding hydrogens is 286 g/mol. The van der Waals surface area contributed by atoms with E-state index in [2.05, 4.69) is 10.2 Å². The van der Waals surface area contributed by atoms with Gasteiger partial charge in [0.2, 0.25) is 5.75 Å². The molecule has 2 N–H and O–H groups in total. The number of rotatable bonds is 5. The summed E-state index contributed by atoms with van der Waals surface area (Å²) >= 11 is 0. The lowest BCUT2D eigenvalue weighted by Crippen LogP contribution is -2.21. The zero-order chi connectivity index (χ0) is 15.5. The first kappa shape index (κ1) is 14.4. The molecule has 0 atom stereocenters. The Morgan fingerprint density at radius 2 is 2.27 bits per heavy atom. The van der Waals surface area contributed by atoms with Crippen LogP contribution in [-0.4, -0.2) is 35.6 Å². The summed E-state index contributed by atoms with van der Waals surface area (Å²) in [5, 5.41) is 15.1. The number of aliphatic hydroxyl groups is 1. The van der Waals surface area contributed by atoms with Gasteiger partial charge in [-0.15, -0.1) is 0 Å². The number of aromatic amines is 1. The molecule has 1 aliphatic rings. The van der Waals surface area contributed by atoms with Crippen molar-refractivity contribution in [3.63, 3.8) is 0 Å². The highest BCUT2D eigenvalue weighted by molar-refractivity contribution is 5.60. The first-order valence-electron chi connectivity index (χ1n) is 6.95. The van der Waals surface area contributed by atoms with E-state index in [4.69, 9.17) is 14.6 Å². The van der Waals surface area contributed by atoms with Crippen LogP contribution in [0.5, 0.6) is 11.5 Å². The highest BCUT2D eigenvalue weighted by Gasteiger charge is 2.25. The van der Waals surface area contributed by atoms with Gasteiger partial charge >= 0.3 is 5.56 Å². The minimum absolute atomic E-state index is 0.0286. The van der Waals surface area contributed by atoms with Crippen LogP contribution in [-0.2, 0) is 13.1 Å². The Balaban J connectivity index is 1.92. The average Bonchev–Trinajstić information content (AvgIpc) is 2.97. The van der Waals surface area contributed by atoms with Crippen molar-refractivity contribution >= 4 is 5.69 Å². The van der Waals surface area contributed by atoms with Gasteiger partial charge in [0, 0.05) is 18.7 Å². The zero-order valence-corrected chi connectivity index (χ0v) is 12.2. The summed E-state index contributed by atoms with van der Waals surface area (Å²) in [5.41, 5.74) is 2.47. The van der Waals surface area contributed by atoms with E-state index in [1.165, 1.54) is 7.11 Å². The molecule has 1 aliphatic heterocycles. The predicted molar refractivity (Wildman–Crippen MR) is 80.3 cm³/mol. The van der Waals surface area contributed by atoms with Crippen LogP contribution < -0.4 is 19.9 Å². The first-order valence-corrected chi connectivity index (χ1v) is 6.95. The molecule has 0 bridgehead atoms. The largest absolute Gasteiger partial charge is 0.491 e. The summed E-state index contributed by atoms with van der Waals surface area (Å²) in [4.78, 5) is 13.8. The van der Waals surface area contributed by atoms with Gasteiger partial charge in [0.1, 0.15) is 18.0 Å². The molecule has 0 aliphatic carbocycles. The first-order chi connectivity index (χ1) is 10.7. The summed E-state index contributed by atoms with van der Waals surface area (Å²) in [6, 6.07) is 5.82. The fourth-order valence-corrected chi connectivity index (χ4v) is 2.65. The third kappa shape index (κ3) is 2.50. The SMILES string of the molecule is COc1c(N2Cc3cccc(OCCO)c3C2)cn[nH]c1=O. The summed E-state index contributed by atoms with van der Waals surface area (Å²) in [6.07, 6.45) is 1.58. The number of hydrogen-bond acceptors (Lipinski definition) is 6. The molecule has 22 heavy (non-hydrogen) atoms. The molecule has 2 aromatic rings. The van der Waals surface area contributed by atoms with Gasteiger partial charge in [0.15, 0.2) is 0 Å². The number of methoxy groups -OCH3 is 1. The van der Waals surface area contributed by atoms with Crippen LogP contribution in [0.3, 0.4) is 0 Å². The Hall–Kier alpha value is -2.54. The molecule has 7 heteroatoms. The summed E-state index contributed by atoms with van der Waals surface area (Å²) in [5.74, 6) is 1.01. The van der Waals surface area contributed by atoms with E-state index in [1.54, 1.807) is 6.20 Å². The van der Waals surface area contributed by atoms with Gasteiger partial charge in [-0.25, -0.2) is 5.10 Å². The van der Waals surface area contributed by atoms with Gasteiger partial charge in [-0.1, -0.05) is 12.1 Å². The Kier molecular flexibility index (Phi) is 3.97. The minimum atomic E-state index is -0.354. The summed E-state index contributed by atoms with van der Waals surface area (Å²) < 4.78 is 10.8. The monoisotopic (exact) mass is 303 g/mol. The Morgan fingerprint density at radius 3 is 3.05 bits per heavy atom. The second-order valence-electron chi connectivity index (χ2n) is 4.94. The van der Waals surface area contributed by atoms with E-state index in [0.29, 0.717) is 18.8 Å². The number of benzene rings is 1. The number of H-pyrrole nitrogens is 1. The lowest BCUT2D eigenvalue weighted by molar-refractivity contribution is 0.200. The number of anilines is 1. The molecule has 0 unspecified atom stereocenters. The summed E-state index contributed by atoms with van der Waals surface area (Å²) in [6.45, 7) is 1.47. The molecule has 1 aromatic heterocycles. The third-order valence-electron chi connectivity index (χ3n) is 3.63. The van der Waals surface area contributed by atoms with E-state index in [9.17, 15) is 4.79 Å². The fraction of sp³-hybridized carbons (Fsp3) is 0.333. The van der Waals surface area contributed by atoms with Gasteiger partial charge in [-0.3, -0.25) is 4.79 Å². The van der Waals surface area contributed by atoms with Crippen molar-refractivity contribution in [2.45, 2.75) is 13.1 Å². The normalized spacial score (nSPS) is 13.1. The molecule has 2 heterocycles. The van der Waals surface area contributed by atoms with Crippen LogP contribution in [0.1, 0.15) is 11.1 Å². The maximum atomic E-state index is 11.8. The van der Waals surface area contributed by atoms with E-state index in [-0.39, 0.29) is 24.5 Å². The number of fused-ring (bicyclic) bond motifs is 1. The Morgan fingerprint density at radius 1 is 1.41 bits per heavy atom. The van der Waals surface area contributed by atoms with Crippen LogP contribution in [0.2, 0.25) is 0 Å². The van der Waals surface area contributed by atoms with Crippen molar-refractivity contribution in [3.8, 4) is 11.5 Å². The fourth-order valence-electron chi connectivity index (χ4n) is 2.65. The molecule has 7 nitrogen and oxygen atoms in total. The van der Waals surface area contributed by atoms with Crippen LogP contribution in [0, 0.1) is 0 Å². The van der Waals surface area contributed by atoms with Gasteiger partial charge in [-0.2, -0.15) is 5.10 Å². The van der Waals surface area contributed by atoms with Crippen molar-refractivity contribution in [2.75, 3.05) is 25.2 Å². The number of ether oxygens (including phenoxy) is 2. The Labute approximate surface area is 127 Å². The minimum Gasteiger partial charge on any atom is -0.491 e. The zero-order valence-electron chi connectivity index (χ0n) is 12.2. The average molecular weight is 303 g/mol. The molecule has 0 fully saturated rings. The van der Waals surface area contributed by atoms with E-state index < -0.39 is 0 Å². The van der Waals surface area contributed by atoms with Crippen molar-refractivity contribution in [1.29, 1.82) is 0 Å². The van der Waals surface area contributed by atoms with E-state index >= 15 is 0 Å². The van der Waals surface area contributed by atoms with E-state index in [0.717, 1.165) is 16.9 Å². The molecule has 1 aromatic carbocycles. The maximum absolute atomic E-state index is 11.8. The number of aliphatic hydroxyl groups excluding tert-OH is 1. The van der Waals surface area contributed by atoms with E-state index in [1.807, 2.05) is 23.1 Å². The summed E-state index contributed by atoms with van der Waals surface area (Å²) in [7, 11) is 1.47. The quantitative estimate of drug-likeness (QED) is 0.844. The van der Waals surface area contributed by atoms with Gasteiger partial charge in [-0.05, 0) is 11.6 Å². The number of nitrogens with one attached hydrogen (secondary N) is 1. The molecule has 0 spiro atoms. The smallest absolute Gasteiger partial charge is 0.308 e. The maximum Gasteiger partial charge on any atom is 0.308 e. The van der Waals surface area contributed by atoms with Crippen molar-refractivity contribution in [3.05, 3.63) is 45.9 Å². The van der Waals surface area contributed by atoms with Gasteiger partial charge in [0.25, 0.3) is 0 Å². The second kappa shape index (κ2) is 6.07. The van der Waals surface area contributed by atoms with Crippen molar-refractivity contribution in [2.24, 2.45) is 0 Å².